The van der Waals surface area contributed by atoms with Gasteiger partial charge in [-0.15, -0.1) is 0 Å². The van der Waals surface area contributed by atoms with E-state index in [0.29, 0.717) is 37.9 Å². The number of thioether (sulfide) groups is 1. The smallest absolute Gasteiger partial charge is 0.340 e. The van der Waals surface area contributed by atoms with E-state index in [1.54, 1.807) is 25.1 Å². The van der Waals surface area contributed by atoms with Gasteiger partial charge in [0.25, 0.3) is 0 Å². The minimum Gasteiger partial charge on any atom is -0.465 e. The Kier molecular flexibility index (Phi) is 6.78. The number of carbonyl (C=O) groups excluding carboxylic acids is 1. The van der Waals surface area contributed by atoms with Gasteiger partial charge in [-0.1, -0.05) is 36.4 Å². The van der Waals surface area contributed by atoms with E-state index in [2.05, 4.69) is 5.32 Å². The average Bonchev–Trinajstić information content (AvgIpc) is 2.72. The number of hydrogen-bond donors (Lipinski definition) is 1. The highest BCUT2D eigenvalue weighted by Crippen LogP contribution is 2.32. The van der Waals surface area contributed by atoms with E-state index in [0.717, 1.165) is 16.9 Å². The van der Waals surface area contributed by atoms with Gasteiger partial charge >= 0.3 is 5.97 Å². The maximum absolute atomic E-state index is 13.0. The van der Waals surface area contributed by atoms with Crippen LogP contribution in [0.2, 0.25) is 5.02 Å². The molecule has 5 nitrogen and oxygen atoms in total. The quantitative estimate of drug-likeness (QED) is 0.363. The first-order valence-electron chi connectivity index (χ1n) is 9.62. The van der Waals surface area contributed by atoms with Crippen molar-refractivity contribution in [3.05, 3.63) is 67.8 Å². The highest BCUT2D eigenvalue weighted by Gasteiger charge is 2.20. The molecule has 0 radical (unpaired) electrons. The van der Waals surface area contributed by atoms with Crippen LogP contribution >= 0.6 is 23.4 Å². The number of rotatable bonds is 6. The molecule has 0 spiro atoms. The van der Waals surface area contributed by atoms with Crippen LogP contribution in [-0.2, 0) is 4.74 Å². The molecule has 3 aromatic rings. The molecule has 2 aromatic carbocycles. The Hall–Kier alpha value is -2.44. The Morgan fingerprint density at radius 2 is 2.00 bits per heavy atom. The van der Waals surface area contributed by atoms with E-state index in [4.69, 9.17) is 20.8 Å². The van der Waals surface area contributed by atoms with E-state index in [1.807, 2.05) is 32.9 Å². The zero-order valence-corrected chi connectivity index (χ0v) is 19.2. The summed E-state index contributed by atoms with van der Waals surface area (Å²) in [7, 11) is 1.33. The fourth-order valence-corrected chi connectivity index (χ4v) is 4.26. The summed E-state index contributed by atoms with van der Waals surface area (Å²) in [6.45, 7) is 7.71. The molecule has 1 N–H and O–H groups in total. The number of esters is 1. The lowest BCUT2D eigenvalue weighted by atomic mass is 10.00. The number of halogens is 1. The molecule has 0 saturated heterocycles. The number of methoxy groups -OCH3 is 1. The molecule has 0 bridgehead atoms. The topological polar surface area (TPSA) is 68.5 Å². The minimum atomic E-state index is -0.481. The van der Waals surface area contributed by atoms with Crippen LogP contribution in [0.25, 0.3) is 11.0 Å². The molecule has 3 rings (SSSR count). The predicted octanol–water partition coefficient (Wildman–Crippen LogP) is 6.13. The summed E-state index contributed by atoms with van der Waals surface area (Å²) in [6, 6.07) is 8.61. The minimum absolute atomic E-state index is 0.0221. The Morgan fingerprint density at radius 1 is 1.27 bits per heavy atom. The molecule has 1 aromatic heterocycles. The van der Waals surface area contributed by atoms with Gasteiger partial charge in [0.2, 0.25) is 0 Å². The first kappa shape index (κ1) is 22.2. The first-order valence-corrected chi connectivity index (χ1v) is 11.0. The number of nitrogens with one attached hydrogen (secondary N) is 1. The molecule has 158 valence electrons. The summed E-state index contributed by atoms with van der Waals surface area (Å²) in [6.07, 6.45) is 0. The standard InChI is InChI=1S/C23H24ClNO4S/c1-6-30-23-13(3)20(26)18-10-12(2)9-16(21(18)29-23)14(4)25-19-8-7-15(24)11-17(19)22(27)28-5/h7-11,14,25H,6H2,1-5H3/t14-/m1/s1. The molecule has 7 heteroatoms. The number of fused-ring (bicyclic) bond motifs is 1. The van der Waals surface area contributed by atoms with Crippen LogP contribution in [0.4, 0.5) is 5.69 Å². The van der Waals surface area contributed by atoms with Crippen LogP contribution in [-0.4, -0.2) is 18.8 Å². The van der Waals surface area contributed by atoms with Crippen molar-refractivity contribution in [1.82, 2.24) is 0 Å². The second-order valence-corrected chi connectivity index (χ2v) is 8.73. The van der Waals surface area contributed by atoms with E-state index >= 15 is 0 Å². The highest BCUT2D eigenvalue weighted by atomic mass is 35.5. The third-order valence-corrected chi connectivity index (χ3v) is 6.02. The van der Waals surface area contributed by atoms with Crippen molar-refractivity contribution < 1.29 is 13.9 Å². The van der Waals surface area contributed by atoms with Gasteiger partial charge in [0.05, 0.1) is 24.1 Å². The van der Waals surface area contributed by atoms with E-state index < -0.39 is 5.97 Å². The lowest BCUT2D eigenvalue weighted by molar-refractivity contribution is 0.0602. The molecule has 0 aliphatic rings. The number of carbonyl (C=O) groups is 1. The van der Waals surface area contributed by atoms with Crippen molar-refractivity contribution in [1.29, 1.82) is 0 Å². The van der Waals surface area contributed by atoms with Gasteiger partial charge in [-0.05, 0) is 56.4 Å². The van der Waals surface area contributed by atoms with Crippen LogP contribution in [0.1, 0.15) is 46.9 Å². The predicted molar refractivity (Wildman–Crippen MR) is 123 cm³/mol. The summed E-state index contributed by atoms with van der Waals surface area (Å²) in [5.41, 5.74) is 3.88. The number of benzene rings is 2. The normalized spacial score (nSPS) is 12.1. The molecule has 30 heavy (non-hydrogen) atoms. The van der Waals surface area contributed by atoms with Crippen molar-refractivity contribution in [3.63, 3.8) is 0 Å². The van der Waals surface area contributed by atoms with Gasteiger partial charge in [0, 0.05) is 21.8 Å². The third-order valence-electron chi connectivity index (χ3n) is 4.85. The Bertz CT molecular complexity index is 1170. The second kappa shape index (κ2) is 9.14. The average molecular weight is 446 g/mol. The number of hydrogen-bond acceptors (Lipinski definition) is 6. The summed E-state index contributed by atoms with van der Waals surface area (Å²) >= 11 is 7.57. The van der Waals surface area contributed by atoms with Gasteiger partial charge in [-0.3, -0.25) is 4.79 Å². The van der Waals surface area contributed by atoms with Crippen LogP contribution in [0.3, 0.4) is 0 Å². The van der Waals surface area contributed by atoms with Gasteiger partial charge in [0.1, 0.15) is 5.58 Å². The van der Waals surface area contributed by atoms with E-state index in [-0.39, 0.29) is 11.5 Å². The largest absolute Gasteiger partial charge is 0.465 e. The maximum atomic E-state index is 13.0. The van der Waals surface area contributed by atoms with Crippen molar-refractivity contribution >= 4 is 46.0 Å². The molecular formula is C23H24ClNO4S. The van der Waals surface area contributed by atoms with Gasteiger partial charge in [-0.25, -0.2) is 4.79 Å². The molecule has 0 fully saturated rings. The SMILES string of the molecule is CCSc1oc2c([C@@H](C)Nc3ccc(Cl)cc3C(=O)OC)cc(C)cc2c(=O)c1C. The zero-order chi connectivity index (χ0) is 22.0. The molecule has 1 heterocycles. The number of anilines is 1. The summed E-state index contributed by atoms with van der Waals surface area (Å²) in [5.74, 6) is 0.322. The molecule has 0 saturated carbocycles. The summed E-state index contributed by atoms with van der Waals surface area (Å²) in [4.78, 5) is 25.1. The van der Waals surface area contributed by atoms with Crippen LogP contribution in [0, 0.1) is 13.8 Å². The first-order chi connectivity index (χ1) is 14.3. The molecule has 0 amide bonds. The van der Waals surface area contributed by atoms with Crippen LogP contribution in [0.15, 0.2) is 44.6 Å². The zero-order valence-electron chi connectivity index (χ0n) is 17.6. The maximum Gasteiger partial charge on any atom is 0.340 e. The van der Waals surface area contributed by atoms with Gasteiger partial charge in [0.15, 0.2) is 10.5 Å². The monoisotopic (exact) mass is 445 g/mol. The number of aryl methyl sites for hydroxylation is 1. The lowest BCUT2D eigenvalue weighted by Gasteiger charge is -2.20. The van der Waals surface area contributed by atoms with Crippen molar-refractivity contribution in [3.8, 4) is 0 Å². The lowest BCUT2D eigenvalue weighted by Crippen LogP contribution is -2.14. The molecule has 0 unspecified atom stereocenters. The molecular weight excluding hydrogens is 422 g/mol. The summed E-state index contributed by atoms with van der Waals surface area (Å²) in [5, 5.41) is 4.98. The van der Waals surface area contributed by atoms with Gasteiger partial charge in [-0.2, -0.15) is 0 Å². The summed E-state index contributed by atoms with van der Waals surface area (Å²) < 4.78 is 11.1. The molecule has 0 aliphatic carbocycles. The molecule has 0 aliphatic heterocycles. The van der Waals surface area contributed by atoms with Crippen LogP contribution < -0.4 is 10.7 Å². The van der Waals surface area contributed by atoms with Crippen molar-refractivity contribution in [2.45, 2.75) is 38.8 Å². The van der Waals surface area contributed by atoms with E-state index in [1.165, 1.54) is 18.9 Å². The fourth-order valence-electron chi connectivity index (χ4n) is 3.37. The van der Waals surface area contributed by atoms with Crippen molar-refractivity contribution in [2.24, 2.45) is 0 Å². The third kappa shape index (κ3) is 4.35. The highest BCUT2D eigenvalue weighted by molar-refractivity contribution is 7.99. The Labute approximate surface area is 184 Å². The second-order valence-electron chi connectivity index (χ2n) is 7.06. The van der Waals surface area contributed by atoms with Crippen LogP contribution in [0.5, 0.6) is 0 Å². The number of ether oxygens (including phenoxy) is 1. The Morgan fingerprint density at radius 3 is 2.67 bits per heavy atom. The van der Waals surface area contributed by atoms with E-state index in [9.17, 15) is 9.59 Å². The fraction of sp³-hybridized carbons (Fsp3) is 0.304. The molecule has 1 atom stereocenters. The Balaban J connectivity index is 2.13. The van der Waals surface area contributed by atoms with Crippen molar-refractivity contribution in [2.75, 3.05) is 18.2 Å². The van der Waals surface area contributed by atoms with Gasteiger partial charge < -0.3 is 14.5 Å².